The topological polar surface area (TPSA) is 128 Å². The number of primary amides is 1. The van der Waals surface area contributed by atoms with Gasteiger partial charge in [0.15, 0.2) is 0 Å². The lowest BCUT2D eigenvalue weighted by molar-refractivity contribution is -0.120. The summed E-state index contributed by atoms with van der Waals surface area (Å²) >= 11 is 1.58. The number of hydrogen-bond acceptors (Lipinski definition) is 7. The van der Waals surface area contributed by atoms with Crippen LogP contribution in [0.25, 0.3) is 11.0 Å². The van der Waals surface area contributed by atoms with E-state index >= 15 is 0 Å². The number of thiazole rings is 1. The molecular formula is C19H21N3O5S. The number of fused-ring (bicyclic) bond motifs is 1. The molecule has 3 rings (SSSR count). The normalized spacial score (nSPS) is 12.1. The summed E-state index contributed by atoms with van der Waals surface area (Å²) in [6.07, 6.45) is 0. The highest BCUT2D eigenvalue weighted by atomic mass is 32.1. The number of nitrogens with two attached hydrogens (primary N) is 1. The Morgan fingerprint density at radius 1 is 1.36 bits per heavy atom. The third-order valence-corrected chi connectivity index (χ3v) is 5.31. The first kappa shape index (κ1) is 19.8. The van der Waals surface area contributed by atoms with Gasteiger partial charge in [0.25, 0.3) is 5.91 Å². The second kappa shape index (κ2) is 7.99. The summed E-state index contributed by atoms with van der Waals surface area (Å²) in [5, 5.41) is 13.1. The molecule has 9 heteroatoms. The van der Waals surface area contributed by atoms with Crippen LogP contribution in [-0.2, 0) is 11.4 Å². The lowest BCUT2D eigenvalue weighted by Crippen LogP contribution is -2.46. The van der Waals surface area contributed by atoms with Crippen molar-refractivity contribution in [3.8, 4) is 5.75 Å². The van der Waals surface area contributed by atoms with Gasteiger partial charge in [-0.2, -0.15) is 0 Å². The summed E-state index contributed by atoms with van der Waals surface area (Å²) in [5.74, 6) is -0.415. The maximum absolute atomic E-state index is 12.6. The SMILES string of the molecule is Cc1nc(C)c(COc2ccc3oc(C)c(C(=O)NC(CO)C(N)=O)c3c2)s1. The molecule has 0 saturated carbocycles. The van der Waals surface area contributed by atoms with Crippen molar-refractivity contribution >= 4 is 34.1 Å². The van der Waals surface area contributed by atoms with E-state index in [9.17, 15) is 14.7 Å². The highest BCUT2D eigenvalue weighted by Gasteiger charge is 2.23. The molecule has 3 aromatic rings. The first-order valence-corrected chi connectivity index (χ1v) is 9.41. The molecular weight excluding hydrogens is 382 g/mol. The van der Waals surface area contributed by atoms with Gasteiger partial charge >= 0.3 is 0 Å². The molecule has 8 nitrogen and oxygen atoms in total. The van der Waals surface area contributed by atoms with E-state index in [1.165, 1.54) is 0 Å². The number of nitrogens with zero attached hydrogens (tertiary/aromatic N) is 1. The molecule has 0 aliphatic rings. The highest BCUT2D eigenvalue weighted by molar-refractivity contribution is 7.11. The van der Waals surface area contributed by atoms with Crippen molar-refractivity contribution in [1.29, 1.82) is 0 Å². The number of hydrogen-bond donors (Lipinski definition) is 3. The summed E-state index contributed by atoms with van der Waals surface area (Å²) < 4.78 is 11.5. The number of amides is 2. The Labute approximate surface area is 165 Å². The van der Waals surface area contributed by atoms with Crippen molar-refractivity contribution in [2.75, 3.05) is 6.61 Å². The smallest absolute Gasteiger partial charge is 0.256 e. The van der Waals surface area contributed by atoms with Crippen molar-refractivity contribution in [1.82, 2.24) is 10.3 Å². The second-order valence-electron chi connectivity index (χ2n) is 6.33. The fourth-order valence-electron chi connectivity index (χ4n) is 2.86. The van der Waals surface area contributed by atoms with Gasteiger partial charge in [-0.1, -0.05) is 0 Å². The third kappa shape index (κ3) is 4.00. The van der Waals surface area contributed by atoms with Crippen LogP contribution in [0.15, 0.2) is 22.6 Å². The number of aromatic nitrogens is 1. The van der Waals surface area contributed by atoms with Crippen LogP contribution in [-0.4, -0.2) is 34.6 Å². The molecule has 2 aromatic heterocycles. The Kier molecular flexibility index (Phi) is 5.66. The first-order valence-electron chi connectivity index (χ1n) is 8.60. The largest absolute Gasteiger partial charge is 0.488 e. The van der Waals surface area contributed by atoms with Gasteiger partial charge in [-0.25, -0.2) is 4.98 Å². The molecule has 0 bridgehead atoms. The monoisotopic (exact) mass is 403 g/mol. The average molecular weight is 403 g/mol. The molecule has 28 heavy (non-hydrogen) atoms. The molecule has 148 valence electrons. The third-order valence-electron chi connectivity index (χ3n) is 4.26. The lowest BCUT2D eigenvalue weighted by Gasteiger charge is -2.12. The number of carbonyl (C=O) groups is 2. The van der Waals surface area contributed by atoms with E-state index in [1.807, 2.05) is 13.8 Å². The Morgan fingerprint density at radius 2 is 2.11 bits per heavy atom. The number of nitrogens with one attached hydrogen (secondary N) is 1. The highest BCUT2D eigenvalue weighted by Crippen LogP contribution is 2.30. The molecule has 1 unspecified atom stereocenters. The maximum Gasteiger partial charge on any atom is 0.256 e. The molecule has 1 atom stereocenters. The van der Waals surface area contributed by atoms with Crippen molar-refractivity contribution in [3.63, 3.8) is 0 Å². The van der Waals surface area contributed by atoms with Crippen LogP contribution in [0.3, 0.4) is 0 Å². The van der Waals surface area contributed by atoms with Gasteiger partial charge in [-0.15, -0.1) is 11.3 Å². The van der Waals surface area contributed by atoms with Gasteiger partial charge in [0.05, 0.1) is 27.7 Å². The molecule has 0 saturated heterocycles. The summed E-state index contributed by atoms with van der Waals surface area (Å²) in [7, 11) is 0. The minimum atomic E-state index is -1.17. The molecule has 0 radical (unpaired) electrons. The van der Waals surface area contributed by atoms with Crippen LogP contribution in [0, 0.1) is 20.8 Å². The zero-order valence-electron chi connectivity index (χ0n) is 15.7. The van der Waals surface area contributed by atoms with E-state index in [2.05, 4.69) is 10.3 Å². The average Bonchev–Trinajstić information content (AvgIpc) is 3.14. The molecule has 0 spiro atoms. The Hall–Kier alpha value is -2.91. The Balaban J connectivity index is 1.86. The molecule has 0 aliphatic carbocycles. The van der Waals surface area contributed by atoms with Crippen molar-refractivity contribution < 1.29 is 23.8 Å². The summed E-state index contributed by atoms with van der Waals surface area (Å²) in [6.45, 7) is 5.31. The van der Waals surface area contributed by atoms with Crippen LogP contribution in [0.5, 0.6) is 5.75 Å². The maximum atomic E-state index is 12.6. The predicted molar refractivity (Wildman–Crippen MR) is 104 cm³/mol. The first-order chi connectivity index (χ1) is 13.3. The van der Waals surface area contributed by atoms with Gasteiger partial charge in [0.1, 0.15) is 29.7 Å². The van der Waals surface area contributed by atoms with Gasteiger partial charge in [-0.05, 0) is 39.0 Å². The van der Waals surface area contributed by atoms with E-state index in [1.54, 1.807) is 36.5 Å². The molecule has 4 N–H and O–H groups in total. The number of benzene rings is 1. The number of aliphatic hydroxyl groups excluding tert-OH is 1. The van der Waals surface area contributed by atoms with Gasteiger partial charge in [0.2, 0.25) is 5.91 Å². The summed E-state index contributed by atoms with van der Waals surface area (Å²) in [6, 6.07) is 4.02. The number of carbonyl (C=O) groups excluding carboxylic acids is 2. The van der Waals surface area contributed by atoms with Crippen molar-refractivity contribution in [3.05, 3.63) is 45.1 Å². The van der Waals surface area contributed by atoms with E-state index in [0.717, 1.165) is 15.6 Å². The van der Waals surface area contributed by atoms with Crippen LogP contribution in [0.2, 0.25) is 0 Å². The standard InChI is InChI=1S/C19H21N3O5S/c1-9-16(28-11(3)21-9)8-26-12-4-5-15-13(6-12)17(10(2)27-15)19(25)22-14(7-23)18(20)24/h4-6,14,23H,7-8H2,1-3H3,(H2,20,24)(H,22,25). The lowest BCUT2D eigenvalue weighted by atomic mass is 10.1. The number of rotatable bonds is 7. The summed E-state index contributed by atoms with van der Waals surface area (Å²) in [5.41, 5.74) is 6.89. The second-order valence-corrected chi connectivity index (χ2v) is 7.62. The Bertz CT molecular complexity index is 1040. The molecule has 2 heterocycles. The minimum absolute atomic E-state index is 0.268. The van der Waals surface area contributed by atoms with Crippen LogP contribution in [0.1, 0.15) is 31.7 Å². The van der Waals surface area contributed by atoms with Crippen LogP contribution in [0.4, 0.5) is 0 Å². The molecule has 1 aromatic carbocycles. The fourth-order valence-corrected chi connectivity index (χ4v) is 3.71. The number of aliphatic hydroxyl groups is 1. The zero-order chi connectivity index (χ0) is 20.4. The molecule has 0 aliphatic heterocycles. The van der Waals surface area contributed by atoms with E-state index in [4.69, 9.17) is 14.9 Å². The molecule has 0 fully saturated rings. The predicted octanol–water partition coefficient (Wildman–Crippen LogP) is 1.97. The van der Waals surface area contributed by atoms with Crippen LogP contribution < -0.4 is 15.8 Å². The van der Waals surface area contributed by atoms with Gasteiger partial charge < -0.3 is 25.3 Å². The molecule has 2 amide bonds. The Morgan fingerprint density at radius 3 is 2.71 bits per heavy atom. The van der Waals surface area contributed by atoms with Gasteiger partial charge in [0, 0.05) is 5.39 Å². The van der Waals surface area contributed by atoms with Gasteiger partial charge in [-0.3, -0.25) is 9.59 Å². The number of furan rings is 1. The van der Waals surface area contributed by atoms with E-state index in [0.29, 0.717) is 29.1 Å². The van der Waals surface area contributed by atoms with E-state index < -0.39 is 24.5 Å². The number of aryl methyl sites for hydroxylation is 3. The van der Waals surface area contributed by atoms with Crippen LogP contribution >= 0.6 is 11.3 Å². The quantitative estimate of drug-likeness (QED) is 0.553. The zero-order valence-corrected chi connectivity index (χ0v) is 16.6. The fraction of sp³-hybridized carbons (Fsp3) is 0.316. The summed E-state index contributed by atoms with van der Waals surface area (Å²) in [4.78, 5) is 29.3. The van der Waals surface area contributed by atoms with Crippen molar-refractivity contribution in [2.24, 2.45) is 5.73 Å². The number of ether oxygens (including phenoxy) is 1. The van der Waals surface area contributed by atoms with Crippen molar-refractivity contribution in [2.45, 2.75) is 33.4 Å². The minimum Gasteiger partial charge on any atom is -0.488 e. The van der Waals surface area contributed by atoms with E-state index in [-0.39, 0.29) is 5.56 Å².